The molecule has 132 valence electrons. The molecule has 3 aromatic rings. The summed E-state index contributed by atoms with van der Waals surface area (Å²) in [5.74, 6) is 1.11. The molecular formula is C20H20N4O2. The fourth-order valence-corrected chi connectivity index (χ4v) is 3.34. The van der Waals surface area contributed by atoms with Crippen LogP contribution in [0.4, 0.5) is 0 Å². The van der Waals surface area contributed by atoms with E-state index >= 15 is 0 Å². The molecule has 1 atom stereocenters. The number of ether oxygens (including phenoxy) is 1. The van der Waals surface area contributed by atoms with Crippen molar-refractivity contribution in [1.82, 2.24) is 19.7 Å². The van der Waals surface area contributed by atoms with Crippen molar-refractivity contribution in [2.75, 3.05) is 6.54 Å². The Labute approximate surface area is 152 Å². The fraction of sp³-hybridized carbons (Fsp3) is 0.250. The average molecular weight is 348 g/mol. The van der Waals surface area contributed by atoms with E-state index in [2.05, 4.69) is 10.1 Å². The van der Waals surface area contributed by atoms with E-state index in [1.807, 2.05) is 54.7 Å². The molecule has 0 N–H and O–H groups in total. The minimum Gasteiger partial charge on any atom is -0.439 e. The number of aryl methyl sites for hydroxylation is 1. The molecular weight excluding hydrogens is 328 g/mol. The molecule has 1 aromatic carbocycles. The molecule has 4 rings (SSSR count). The van der Waals surface area contributed by atoms with E-state index in [0.29, 0.717) is 17.2 Å². The Morgan fingerprint density at radius 3 is 2.85 bits per heavy atom. The molecule has 0 aliphatic carbocycles. The molecule has 0 radical (unpaired) electrons. The molecule has 0 spiro atoms. The minimum absolute atomic E-state index is 0.00309. The molecule has 1 aliphatic rings. The summed E-state index contributed by atoms with van der Waals surface area (Å²) in [5.41, 5.74) is 1.66. The number of pyridine rings is 1. The van der Waals surface area contributed by atoms with Crippen LogP contribution in [0.3, 0.4) is 0 Å². The van der Waals surface area contributed by atoms with Gasteiger partial charge in [-0.25, -0.2) is 4.98 Å². The molecule has 6 nitrogen and oxygen atoms in total. The number of para-hydroxylation sites is 1. The van der Waals surface area contributed by atoms with Crippen LogP contribution in [0, 0.1) is 0 Å². The Bertz CT molecular complexity index is 907. The van der Waals surface area contributed by atoms with Gasteiger partial charge in [-0.15, -0.1) is 0 Å². The maximum atomic E-state index is 13.1. The van der Waals surface area contributed by atoms with Gasteiger partial charge in [0.15, 0.2) is 0 Å². The molecule has 2 aromatic heterocycles. The van der Waals surface area contributed by atoms with E-state index in [0.717, 1.165) is 24.9 Å². The van der Waals surface area contributed by atoms with Crippen LogP contribution in [0.15, 0.2) is 61.1 Å². The third kappa shape index (κ3) is 3.31. The third-order valence-electron chi connectivity index (χ3n) is 4.57. The second kappa shape index (κ2) is 7.00. The van der Waals surface area contributed by atoms with Crippen LogP contribution in [0.25, 0.3) is 0 Å². The first-order chi connectivity index (χ1) is 12.7. The molecule has 1 aliphatic heterocycles. The van der Waals surface area contributed by atoms with Gasteiger partial charge in [-0.1, -0.05) is 18.2 Å². The lowest BCUT2D eigenvalue weighted by molar-refractivity contribution is 0.0735. The topological polar surface area (TPSA) is 60.2 Å². The number of rotatable bonds is 4. The van der Waals surface area contributed by atoms with Gasteiger partial charge in [-0.2, -0.15) is 5.10 Å². The maximum Gasteiger partial charge on any atom is 0.254 e. The van der Waals surface area contributed by atoms with E-state index in [4.69, 9.17) is 4.74 Å². The maximum absolute atomic E-state index is 13.1. The van der Waals surface area contributed by atoms with Crippen molar-refractivity contribution >= 4 is 5.91 Å². The van der Waals surface area contributed by atoms with E-state index in [-0.39, 0.29) is 11.9 Å². The van der Waals surface area contributed by atoms with Gasteiger partial charge in [-0.3, -0.25) is 9.48 Å². The summed E-state index contributed by atoms with van der Waals surface area (Å²) < 4.78 is 7.52. The summed E-state index contributed by atoms with van der Waals surface area (Å²) in [5, 5.41) is 4.24. The van der Waals surface area contributed by atoms with Gasteiger partial charge in [0.05, 0.1) is 12.2 Å². The number of likely N-dealkylation sites (tertiary alicyclic amines) is 1. The quantitative estimate of drug-likeness (QED) is 0.723. The molecule has 6 heteroatoms. The first kappa shape index (κ1) is 16.3. The lowest BCUT2D eigenvalue weighted by Crippen LogP contribution is -2.30. The number of amides is 1. The summed E-state index contributed by atoms with van der Waals surface area (Å²) in [6.45, 7) is 0.746. The van der Waals surface area contributed by atoms with E-state index in [1.165, 1.54) is 0 Å². The second-order valence-electron chi connectivity index (χ2n) is 6.40. The Balaban J connectivity index is 1.55. The zero-order valence-electron chi connectivity index (χ0n) is 14.6. The molecule has 26 heavy (non-hydrogen) atoms. The van der Waals surface area contributed by atoms with Crippen molar-refractivity contribution in [3.63, 3.8) is 0 Å². The van der Waals surface area contributed by atoms with E-state index in [9.17, 15) is 4.79 Å². The predicted octanol–water partition coefficient (Wildman–Crippen LogP) is 3.58. The minimum atomic E-state index is -0.00309. The monoisotopic (exact) mass is 348 g/mol. The molecule has 0 saturated carbocycles. The number of aromatic nitrogens is 3. The van der Waals surface area contributed by atoms with Gasteiger partial charge in [-0.05, 0) is 31.0 Å². The van der Waals surface area contributed by atoms with Crippen LogP contribution in [-0.2, 0) is 7.05 Å². The molecule has 3 heterocycles. The highest BCUT2D eigenvalue weighted by Crippen LogP contribution is 2.33. The third-order valence-corrected chi connectivity index (χ3v) is 4.57. The van der Waals surface area contributed by atoms with Gasteiger partial charge in [0.2, 0.25) is 5.88 Å². The first-order valence-electron chi connectivity index (χ1n) is 8.69. The SMILES string of the molecule is Cn1cc(C2CCCN2C(=O)c2ccnc(Oc3ccccc3)c2)cn1. The summed E-state index contributed by atoms with van der Waals surface area (Å²) >= 11 is 0. The zero-order chi connectivity index (χ0) is 17.9. The van der Waals surface area contributed by atoms with Gasteiger partial charge in [0.1, 0.15) is 5.75 Å². The highest BCUT2D eigenvalue weighted by Gasteiger charge is 2.31. The predicted molar refractivity (Wildman–Crippen MR) is 97.0 cm³/mol. The normalized spacial score (nSPS) is 16.7. The Kier molecular flexibility index (Phi) is 4.39. The summed E-state index contributed by atoms with van der Waals surface area (Å²) in [7, 11) is 1.89. The van der Waals surface area contributed by atoms with Crippen molar-refractivity contribution in [3.8, 4) is 11.6 Å². The number of hydrogen-bond acceptors (Lipinski definition) is 4. The largest absolute Gasteiger partial charge is 0.439 e. The summed E-state index contributed by atoms with van der Waals surface area (Å²) in [4.78, 5) is 19.2. The number of nitrogens with zero attached hydrogens (tertiary/aromatic N) is 4. The number of benzene rings is 1. The van der Waals surface area contributed by atoms with Gasteiger partial charge >= 0.3 is 0 Å². The zero-order valence-corrected chi connectivity index (χ0v) is 14.6. The molecule has 1 amide bonds. The fourth-order valence-electron chi connectivity index (χ4n) is 3.34. The molecule has 1 fully saturated rings. The van der Waals surface area contributed by atoms with Crippen LogP contribution in [0.1, 0.15) is 34.8 Å². The Hall–Kier alpha value is -3.15. The molecule has 1 unspecified atom stereocenters. The van der Waals surface area contributed by atoms with Crippen molar-refractivity contribution in [2.45, 2.75) is 18.9 Å². The van der Waals surface area contributed by atoms with Crippen molar-refractivity contribution in [2.24, 2.45) is 7.05 Å². The van der Waals surface area contributed by atoms with Crippen molar-refractivity contribution in [1.29, 1.82) is 0 Å². The van der Waals surface area contributed by atoms with Gasteiger partial charge in [0, 0.05) is 43.2 Å². The van der Waals surface area contributed by atoms with E-state index < -0.39 is 0 Å². The van der Waals surface area contributed by atoms with Crippen LogP contribution < -0.4 is 4.74 Å². The lowest BCUT2D eigenvalue weighted by atomic mass is 10.1. The Morgan fingerprint density at radius 1 is 1.23 bits per heavy atom. The van der Waals surface area contributed by atoms with Crippen molar-refractivity contribution < 1.29 is 9.53 Å². The van der Waals surface area contributed by atoms with Gasteiger partial charge < -0.3 is 9.64 Å². The smallest absolute Gasteiger partial charge is 0.254 e. The van der Waals surface area contributed by atoms with Crippen LogP contribution in [0.2, 0.25) is 0 Å². The molecule has 0 bridgehead atoms. The lowest BCUT2D eigenvalue weighted by Gasteiger charge is -2.24. The number of carbonyl (C=O) groups excluding carboxylic acids is 1. The number of carbonyl (C=O) groups is 1. The number of hydrogen-bond donors (Lipinski definition) is 0. The first-order valence-corrected chi connectivity index (χ1v) is 8.69. The second-order valence-corrected chi connectivity index (χ2v) is 6.40. The Morgan fingerprint density at radius 2 is 2.08 bits per heavy atom. The van der Waals surface area contributed by atoms with Crippen LogP contribution >= 0.6 is 0 Å². The van der Waals surface area contributed by atoms with E-state index in [1.54, 1.807) is 23.0 Å². The standard InChI is InChI=1S/C20H20N4O2/c1-23-14-16(13-22-23)18-8-5-11-24(18)20(25)15-9-10-21-19(12-15)26-17-6-3-2-4-7-17/h2-4,6-7,9-10,12-14,18H,5,8,11H2,1H3. The van der Waals surface area contributed by atoms with Crippen molar-refractivity contribution in [3.05, 3.63) is 72.2 Å². The van der Waals surface area contributed by atoms with Crippen LogP contribution in [-0.4, -0.2) is 32.1 Å². The highest BCUT2D eigenvalue weighted by molar-refractivity contribution is 5.94. The summed E-state index contributed by atoms with van der Waals surface area (Å²) in [6, 6.07) is 12.9. The molecule has 1 saturated heterocycles. The highest BCUT2D eigenvalue weighted by atomic mass is 16.5. The van der Waals surface area contributed by atoms with Gasteiger partial charge in [0.25, 0.3) is 5.91 Å². The van der Waals surface area contributed by atoms with Crippen LogP contribution in [0.5, 0.6) is 11.6 Å². The average Bonchev–Trinajstić information content (AvgIpc) is 3.31. The summed E-state index contributed by atoms with van der Waals surface area (Å²) in [6.07, 6.45) is 7.37.